The molecule has 4 aromatic rings. The molecular formula is C34H42N4O. The van der Waals surface area contributed by atoms with Crippen molar-refractivity contribution >= 4 is 16.7 Å². The van der Waals surface area contributed by atoms with Crippen LogP contribution in [0, 0.1) is 11.8 Å². The molecule has 0 bridgehead atoms. The quantitative estimate of drug-likeness (QED) is 0.230. The highest BCUT2D eigenvalue weighted by Gasteiger charge is 2.21. The standard InChI is InChI=1S/C34H42N4O/c1-38(2)34-30-15-6-7-16-31(30)36-32(37-34)17-9-10-25-18-20-26(21-19-25)23-35-24-27-11-8-14-29(22-27)33(39)28-12-4-3-5-13-28/h3-8,11-16,22,25-26,33,35,39H,9-10,17-21,23-24H2,1-2H3. The summed E-state index contributed by atoms with van der Waals surface area (Å²) in [7, 11) is 4.11. The predicted octanol–water partition coefficient (Wildman–Crippen LogP) is 6.70. The van der Waals surface area contributed by atoms with Crippen LogP contribution in [0.2, 0.25) is 0 Å². The van der Waals surface area contributed by atoms with Crippen LogP contribution in [0.4, 0.5) is 5.82 Å². The fourth-order valence-electron chi connectivity index (χ4n) is 5.95. The maximum Gasteiger partial charge on any atom is 0.139 e. The van der Waals surface area contributed by atoms with E-state index in [0.29, 0.717) is 0 Å². The largest absolute Gasteiger partial charge is 0.384 e. The van der Waals surface area contributed by atoms with Crippen LogP contribution in [-0.2, 0) is 13.0 Å². The number of aliphatic hydroxyl groups is 1. The van der Waals surface area contributed by atoms with Gasteiger partial charge in [0, 0.05) is 32.4 Å². The molecule has 3 aromatic carbocycles. The molecular weight excluding hydrogens is 480 g/mol. The zero-order valence-electron chi connectivity index (χ0n) is 23.4. The van der Waals surface area contributed by atoms with Crippen molar-refractivity contribution in [2.24, 2.45) is 11.8 Å². The highest BCUT2D eigenvalue weighted by Crippen LogP contribution is 2.32. The Morgan fingerprint density at radius 1 is 0.846 bits per heavy atom. The molecule has 5 heteroatoms. The molecule has 0 amide bonds. The number of anilines is 1. The van der Waals surface area contributed by atoms with Gasteiger partial charge in [-0.2, -0.15) is 0 Å². The summed E-state index contributed by atoms with van der Waals surface area (Å²) in [6, 6.07) is 26.5. The first-order chi connectivity index (χ1) is 19.1. The van der Waals surface area contributed by atoms with Crippen molar-refractivity contribution in [1.82, 2.24) is 15.3 Å². The fourth-order valence-corrected chi connectivity index (χ4v) is 5.95. The second kappa shape index (κ2) is 13.2. The van der Waals surface area contributed by atoms with Crippen LogP contribution in [0.1, 0.15) is 67.1 Å². The minimum absolute atomic E-state index is 0.579. The Hall–Kier alpha value is -3.28. The van der Waals surface area contributed by atoms with E-state index in [1.54, 1.807) is 0 Å². The maximum absolute atomic E-state index is 10.7. The number of hydrogen-bond acceptors (Lipinski definition) is 5. The fraction of sp³-hybridized carbons (Fsp3) is 0.412. The number of aryl methyl sites for hydroxylation is 1. The highest BCUT2D eigenvalue weighted by molar-refractivity contribution is 5.89. The molecule has 2 N–H and O–H groups in total. The minimum Gasteiger partial charge on any atom is -0.384 e. The van der Waals surface area contributed by atoms with Crippen molar-refractivity contribution in [2.45, 2.75) is 57.6 Å². The molecule has 1 aliphatic rings. The van der Waals surface area contributed by atoms with Gasteiger partial charge in [-0.25, -0.2) is 9.97 Å². The van der Waals surface area contributed by atoms with Gasteiger partial charge < -0.3 is 15.3 Å². The zero-order chi connectivity index (χ0) is 27.0. The number of benzene rings is 3. The van der Waals surface area contributed by atoms with Gasteiger partial charge in [0.15, 0.2) is 0 Å². The smallest absolute Gasteiger partial charge is 0.139 e. The lowest BCUT2D eigenvalue weighted by atomic mass is 9.80. The van der Waals surface area contributed by atoms with Crippen molar-refractivity contribution in [3.8, 4) is 0 Å². The molecule has 0 radical (unpaired) electrons. The minimum atomic E-state index is -0.579. The molecule has 1 fully saturated rings. The molecule has 204 valence electrons. The van der Waals surface area contributed by atoms with Crippen LogP contribution in [-0.4, -0.2) is 35.7 Å². The number of hydrogen-bond donors (Lipinski definition) is 2. The molecule has 1 aliphatic carbocycles. The van der Waals surface area contributed by atoms with Gasteiger partial charge in [-0.1, -0.05) is 86.0 Å². The van der Waals surface area contributed by atoms with E-state index in [0.717, 1.165) is 71.4 Å². The molecule has 5 rings (SSSR count). The van der Waals surface area contributed by atoms with Gasteiger partial charge in [0.1, 0.15) is 17.7 Å². The Morgan fingerprint density at radius 2 is 1.56 bits per heavy atom. The molecule has 39 heavy (non-hydrogen) atoms. The van der Waals surface area contributed by atoms with Crippen molar-refractivity contribution in [3.05, 3.63) is 101 Å². The lowest BCUT2D eigenvalue weighted by Crippen LogP contribution is -2.26. The molecule has 1 aromatic heterocycles. The summed E-state index contributed by atoms with van der Waals surface area (Å²) in [5.41, 5.74) is 4.15. The number of nitrogens with one attached hydrogen (secondary N) is 1. The van der Waals surface area contributed by atoms with E-state index in [9.17, 15) is 5.11 Å². The van der Waals surface area contributed by atoms with Crippen molar-refractivity contribution in [1.29, 1.82) is 0 Å². The van der Waals surface area contributed by atoms with Gasteiger partial charge in [-0.3, -0.25) is 0 Å². The van der Waals surface area contributed by atoms with E-state index in [2.05, 4.69) is 60.7 Å². The van der Waals surface area contributed by atoms with Crippen LogP contribution < -0.4 is 10.2 Å². The summed E-state index contributed by atoms with van der Waals surface area (Å²) in [6.45, 7) is 1.91. The lowest BCUT2D eigenvalue weighted by Gasteiger charge is -2.28. The lowest BCUT2D eigenvalue weighted by molar-refractivity contribution is 0.220. The average Bonchev–Trinajstić information content (AvgIpc) is 2.98. The van der Waals surface area contributed by atoms with Crippen molar-refractivity contribution in [3.63, 3.8) is 0 Å². The molecule has 0 spiro atoms. The number of para-hydroxylation sites is 1. The topological polar surface area (TPSA) is 61.3 Å². The molecule has 1 atom stereocenters. The first-order valence-corrected chi connectivity index (χ1v) is 14.5. The van der Waals surface area contributed by atoms with Crippen molar-refractivity contribution < 1.29 is 5.11 Å². The summed E-state index contributed by atoms with van der Waals surface area (Å²) in [4.78, 5) is 11.8. The summed E-state index contributed by atoms with van der Waals surface area (Å²) in [5.74, 6) is 3.57. The van der Waals surface area contributed by atoms with Crippen LogP contribution in [0.15, 0.2) is 78.9 Å². The number of fused-ring (bicyclic) bond motifs is 1. The zero-order valence-corrected chi connectivity index (χ0v) is 23.4. The molecule has 0 saturated heterocycles. The normalized spacial score (nSPS) is 18.2. The Balaban J connectivity index is 1.03. The summed E-state index contributed by atoms with van der Waals surface area (Å²) in [5, 5.41) is 15.5. The third-order valence-corrected chi connectivity index (χ3v) is 8.18. The summed E-state index contributed by atoms with van der Waals surface area (Å²) >= 11 is 0. The predicted molar refractivity (Wildman–Crippen MR) is 161 cm³/mol. The van der Waals surface area contributed by atoms with Gasteiger partial charge in [-0.05, 0) is 66.5 Å². The third-order valence-electron chi connectivity index (χ3n) is 8.18. The molecule has 5 nitrogen and oxygen atoms in total. The monoisotopic (exact) mass is 522 g/mol. The van der Waals surface area contributed by atoms with E-state index in [1.807, 2.05) is 42.5 Å². The molecule has 0 aliphatic heterocycles. The number of aliphatic hydroxyl groups excluding tert-OH is 1. The SMILES string of the molecule is CN(C)c1nc(CCCC2CCC(CNCc3cccc(C(O)c4ccccc4)c3)CC2)nc2ccccc12. The number of rotatable bonds is 11. The number of aromatic nitrogens is 2. The van der Waals surface area contributed by atoms with Crippen molar-refractivity contribution in [2.75, 3.05) is 25.5 Å². The van der Waals surface area contributed by atoms with Crippen LogP contribution in [0.25, 0.3) is 10.9 Å². The average molecular weight is 523 g/mol. The van der Waals surface area contributed by atoms with Crippen LogP contribution >= 0.6 is 0 Å². The first-order valence-electron chi connectivity index (χ1n) is 14.5. The van der Waals surface area contributed by atoms with Gasteiger partial charge in [-0.15, -0.1) is 0 Å². The van der Waals surface area contributed by atoms with Crippen LogP contribution in [0.3, 0.4) is 0 Å². The Bertz CT molecular complexity index is 1330. The second-order valence-corrected chi connectivity index (χ2v) is 11.3. The molecule has 1 heterocycles. The second-order valence-electron chi connectivity index (χ2n) is 11.3. The van der Waals surface area contributed by atoms with Gasteiger partial charge in [0.2, 0.25) is 0 Å². The van der Waals surface area contributed by atoms with Gasteiger partial charge in [0.25, 0.3) is 0 Å². The van der Waals surface area contributed by atoms with Gasteiger partial charge in [0.05, 0.1) is 5.52 Å². The summed E-state index contributed by atoms with van der Waals surface area (Å²) in [6.07, 6.45) is 8.06. The number of nitrogens with zero attached hydrogens (tertiary/aromatic N) is 3. The highest BCUT2D eigenvalue weighted by atomic mass is 16.3. The molecule has 1 saturated carbocycles. The maximum atomic E-state index is 10.7. The summed E-state index contributed by atoms with van der Waals surface area (Å²) < 4.78 is 0. The van der Waals surface area contributed by atoms with E-state index in [4.69, 9.17) is 9.97 Å². The Kier molecular flexibility index (Phi) is 9.23. The first kappa shape index (κ1) is 27.3. The Labute approximate surface area is 233 Å². The van der Waals surface area contributed by atoms with E-state index < -0.39 is 6.10 Å². The third kappa shape index (κ3) is 7.23. The van der Waals surface area contributed by atoms with E-state index in [-0.39, 0.29) is 0 Å². The van der Waals surface area contributed by atoms with E-state index >= 15 is 0 Å². The Morgan fingerprint density at radius 3 is 2.36 bits per heavy atom. The van der Waals surface area contributed by atoms with Gasteiger partial charge >= 0.3 is 0 Å². The van der Waals surface area contributed by atoms with E-state index in [1.165, 1.54) is 37.7 Å². The molecule has 1 unspecified atom stereocenters. The van der Waals surface area contributed by atoms with Crippen LogP contribution in [0.5, 0.6) is 0 Å².